The third-order valence-corrected chi connectivity index (χ3v) is 2.57. The second-order valence-corrected chi connectivity index (χ2v) is 3.53. The molecule has 1 fully saturated rings. The normalized spacial score (nSPS) is 22.4. The van der Waals surface area contributed by atoms with Crippen LogP contribution in [0.25, 0.3) is 0 Å². The molecule has 1 aliphatic rings. The zero-order valence-corrected chi connectivity index (χ0v) is 8.52. The van der Waals surface area contributed by atoms with Crippen molar-refractivity contribution in [3.63, 3.8) is 0 Å². The summed E-state index contributed by atoms with van der Waals surface area (Å²) >= 11 is 0. The summed E-state index contributed by atoms with van der Waals surface area (Å²) in [6.45, 7) is 4.89. The summed E-state index contributed by atoms with van der Waals surface area (Å²) < 4.78 is 5.61. The number of pyridine rings is 1. The van der Waals surface area contributed by atoms with E-state index in [1.54, 1.807) is 0 Å². The lowest BCUT2D eigenvalue weighted by Gasteiger charge is -2.33. The van der Waals surface area contributed by atoms with Gasteiger partial charge in [0.15, 0.2) is 0 Å². The molecule has 3 nitrogen and oxygen atoms in total. The summed E-state index contributed by atoms with van der Waals surface area (Å²) in [4.78, 5) is 6.63. The number of nitrogens with zero attached hydrogens (tertiary/aromatic N) is 2. The molecule has 2 heterocycles. The molecule has 0 aliphatic carbocycles. The van der Waals surface area contributed by atoms with Crippen LogP contribution in [-0.2, 0) is 4.74 Å². The van der Waals surface area contributed by atoms with E-state index < -0.39 is 0 Å². The fourth-order valence-corrected chi connectivity index (χ4v) is 1.72. The van der Waals surface area contributed by atoms with Gasteiger partial charge in [0.1, 0.15) is 5.82 Å². The monoisotopic (exact) mass is 192 g/mol. The highest BCUT2D eigenvalue weighted by Crippen LogP contribution is 2.15. The van der Waals surface area contributed by atoms with Gasteiger partial charge in [0.2, 0.25) is 0 Å². The molecule has 0 bridgehead atoms. The fraction of sp³-hybridized carbons (Fsp3) is 0.545. The predicted molar refractivity (Wildman–Crippen MR) is 56.5 cm³/mol. The first-order chi connectivity index (χ1) is 6.90. The van der Waals surface area contributed by atoms with Crippen molar-refractivity contribution in [1.29, 1.82) is 0 Å². The highest BCUT2D eigenvalue weighted by Gasteiger charge is 2.19. The second kappa shape index (κ2) is 4.42. The van der Waals surface area contributed by atoms with Crippen molar-refractivity contribution >= 4 is 5.82 Å². The molecule has 1 atom stereocenters. The molecular weight excluding hydrogens is 176 g/mol. The van der Waals surface area contributed by atoms with Crippen molar-refractivity contribution in [1.82, 2.24) is 4.98 Å². The van der Waals surface area contributed by atoms with Crippen molar-refractivity contribution in [2.24, 2.45) is 0 Å². The summed E-state index contributed by atoms with van der Waals surface area (Å²) in [5.74, 6) is 1.06. The van der Waals surface area contributed by atoms with Crippen molar-refractivity contribution in [3.8, 4) is 0 Å². The lowest BCUT2D eigenvalue weighted by Crippen LogP contribution is -2.42. The Morgan fingerprint density at radius 3 is 3.21 bits per heavy atom. The van der Waals surface area contributed by atoms with Crippen molar-refractivity contribution in [3.05, 3.63) is 24.4 Å². The maximum absolute atomic E-state index is 5.61. The van der Waals surface area contributed by atoms with Gasteiger partial charge < -0.3 is 9.64 Å². The Kier molecular flexibility index (Phi) is 2.99. The molecule has 76 valence electrons. The van der Waals surface area contributed by atoms with Gasteiger partial charge in [-0.2, -0.15) is 0 Å². The Labute approximate surface area is 84.7 Å². The van der Waals surface area contributed by atoms with Gasteiger partial charge in [-0.25, -0.2) is 4.98 Å². The average Bonchev–Trinajstić information content (AvgIpc) is 2.30. The summed E-state index contributed by atoms with van der Waals surface area (Å²) in [5.41, 5.74) is 0. The molecule has 0 radical (unpaired) electrons. The van der Waals surface area contributed by atoms with Gasteiger partial charge in [0.05, 0.1) is 12.7 Å². The van der Waals surface area contributed by atoms with Gasteiger partial charge in [-0.15, -0.1) is 0 Å². The van der Waals surface area contributed by atoms with Crippen molar-refractivity contribution in [2.75, 3.05) is 24.6 Å². The Morgan fingerprint density at radius 1 is 1.57 bits per heavy atom. The third kappa shape index (κ3) is 2.04. The number of morpholine rings is 1. The maximum Gasteiger partial charge on any atom is 0.128 e. The van der Waals surface area contributed by atoms with Crippen LogP contribution in [0.4, 0.5) is 5.82 Å². The van der Waals surface area contributed by atoms with E-state index in [9.17, 15) is 0 Å². The quantitative estimate of drug-likeness (QED) is 0.713. The lowest BCUT2D eigenvalue weighted by atomic mass is 10.2. The van der Waals surface area contributed by atoms with E-state index >= 15 is 0 Å². The Bertz CT molecular complexity index is 276. The summed E-state index contributed by atoms with van der Waals surface area (Å²) in [7, 11) is 0. The Morgan fingerprint density at radius 2 is 2.50 bits per heavy atom. The van der Waals surface area contributed by atoms with Crippen molar-refractivity contribution in [2.45, 2.75) is 19.4 Å². The van der Waals surface area contributed by atoms with Gasteiger partial charge >= 0.3 is 0 Å². The minimum absolute atomic E-state index is 0.366. The van der Waals surface area contributed by atoms with Crippen LogP contribution in [0.5, 0.6) is 0 Å². The molecule has 3 heteroatoms. The Hall–Kier alpha value is -1.09. The fourth-order valence-electron chi connectivity index (χ4n) is 1.72. The largest absolute Gasteiger partial charge is 0.375 e. The van der Waals surface area contributed by atoms with Crippen LogP contribution in [-0.4, -0.2) is 30.8 Å². The van der Waals surface area contributed by atoms with E-state index in [4.69, 9.17) is 4.74 Å². The molecule has 0 aromatic carbocycles. The molecule has 1 aromatic heterocycles. The first-order valence-electron chi connectivity index (χ1n) is 5.17. The number of hydrogen-bond acceptors (Lipinski definition) is 3. The van der Waals surface area contributed by atoms with Gasteiger partial charge in [-0.3, -0.25) is 0 Å². The first kappa shape index (κ1) is 9.46. The van der Waals surface area contributed by atoms with Gasteiger partial charge in [0.25, 0.3) is 0 Å². The van der Waals surface area contributed by atoms with Gasteiger partial charge in [0, 0.05) is 19.3 Å². The molecule has 14 heavy (non-hydrogen) atoms. The third-order valence-electron chi connectivity index (χ3n) is 2.57. The highest BCUT2D eigenvalue weighted by molar-refractivity contribution is 5.38. The average molecular weight is 192 g/mol. The van der Waals surface area contributed by atoms with Crippen LogP contribution < -0.4 is 4.90 Å². The summed E-state index contributed by atoms with van der Waals surface area (Å²) in [5, 5.41) is 0. The minimum Gasteiger partial charge on any atom is -0.375 e. The Balaban J connectivity index is 2.04. The van der Waals surface area contributed by atoms with E-state index in [-0.39, 0.29) is 0 Å². The molecular formula is C11H16N2O. The number of ether oxygens (including phenoxy) is 1. The topological polar surface area (TPSA) is 25.4 Å². The highest BCUT2D eigenvalue weighted by atomic mass is 16.5. The summed E-state index contributed by atoms with van der Waals surface area (Å²) in [6, 6.07) is 6.03. The zero-order valence-electron chi connectivity index (χ0n) is 8.52. The molecule has 1 saturated heterocycles. The zero-order chi connectivity index (χ0) is 9.80. The van der Waals surface area contributed by atoms with E-state index in [1.165, 1.54) is 0 Å². The molecule has 0 N–H and O–H groups in total. The van der Waals surface area contributed by atoms with Crippen LogP contribution in [0.1, 0.15) is 13.3 Å². The van der Waals surface area contributed by atoms with Crippen LogP contribution in [0.15, 0.2) is 24.4 Å². The minimum atomic E-state index is 0.366. The van der Waals surface area contributed by atoms with Gasteiger partial charge in [-0.05, 0) is 18.6 Å². The number of hydrogen-bond donors (Lipinski definition) is 0. The second-order valence-electron chi connectivity index (χ2n) is 3.53. The van der Waals surface area contributed by atoms with E-state index in [2.05, 4.69) is 22.9 Å². The van der Waals surface area contributed by atoms with E-state index in [0.717, 1.165) is 31.9 Å². The van der Waals surface area contributed by atoms with Crippen molar-refractivity contribution < 1.29 is 4.74 Å². The molecule has 0 amide bonds. The van der Waals surface area contributed by atoms with Crippen LogP contribution in [0.3, 0.4) is 0 Å². The number of rotatable bonds is 2. The molecule has 2 rings (SSSR count). The predicted octanol–water partition coefficient (Wildman–Crippen LogP) is 1.70. The molecule has 1 aromatic rings. The molecule has 1 unspecified atom stereocenters. The molecule has 0 saturated carbocycles. The van der Waals surface area contributed by atoms with Crippen LogP contribution in [0, 0.1) is 0 Å². The van der Waals surface area contributed by atoms with Gasteiger partial charge in [-0.1, -0.05) is 13.0 Å². The molecule has 1 aliphatic heterocycles. The number of anilines is 1. The standard InChI is InChI=1S/C11H16N2O/c1-2-10-9-13(7-8-14-10)11-5-3-4-6-12-11/h3-6,10H,2,7-9H2,1H3. The lowest BCUT2D eigenvalue weighted by molar-refractivity contribution is 0.0382. The van der Waals surface area contributed by atoms with E-state index in [0.29, 0.717) is 6.10 Å². The van der Waals surface area contributed by atoms with Crippen LogP contribution in [0.2, 0.25) is 0 Å². The number of aromatic nitrogens is 1. The van der Waals surface area contributed by atoms with E-state index in [1.807, 2.05) is 18.3 Å². The van der Waals surface area contributed by atoms with Crippen LogP contribution >= 0.6 is 0 Å². The maximum atomic E-state index is 5.61. The first-order valence-corrected chi connectivity index (χ1v) is 5.17. The molecule has 0 spiro atoms. The SMILES string of the molecule is CCC1CN(c2ccccn2)CCO1. The smallest absolute Gasteiger partial charge is 0.128 e. The summed E-state index contributed by atoms with van der Waals surface area (Å²) in [6.07, 6.45) is 3.28.